The van der Waals surface area contributed by atoms with Gasteiger partial charge in [-0.05, 0) is 30.7 Å². The summed E-state index contributed by atoms with van der Waals surface area (Å²) in [7, 11) is 1.58. The Morgan fingerprint density at radius 1 is 1.53 bits per heavy atom. The normalized spacial score (nSPS) is 12.5. The molecule has 3 nitrogen and oxygen atoms in total. The lowest BCUT2D eigenvalue weighted by molar-refractivity contribution is 0.0727. The van der Waals surface area contributed by atoms with E-state index in [4.69, 9.17) is 4.74 Å². The Kier molecular flexibility index (Phi) is 5.08. The summed E-state index contributed by atoms with van der Waals surface area (Å²) < 4.78 is 5.93. The minimum absolute atomic E-state index is 0.350. The van der Waals surface area contributed by atoms with Crippen LogP contribution >= 0.6 is 15.9 Å². The summed E-state index contributed by atoms with van der Waals surface area (Å²) in [6.07, 6.45) is -0.473. The number of hydrogen-bond donors (Lipinski definition) is 2. The summed E-state index contributed by atoms with van der Waals surface area (Å²) in [5.41, 5.74) is 2.17. The van der Waals surface area contributed by atoms with Crippen molar-refractivity contribution >= 4 is 21.6 Å². The van der Waals surface area contributed by atoms with Crippen LogP contribution in [-0.4, -0.2) is 31.5 Å². The molecule has 1 aromatic carbocycles. The van der Waals surface area contributed by atoms with Gasteiger partial charge in [0, 0.05) is 23.8 Å². The fraction of sp³-hybridized carbons (Fsp3) is 0.455. The molecule has 0 fully saturated rings. The lowest BCUT2D eigenvalue weighted by Crippen LogP contribution is -2.24. The highest BCUT2D eigenvalue weighted by molar-refractivity contribution is 9.10. The number of hydrogen-bond acceptors (Lipinski definition) is 3. The molecular weight excluding hydrogens is 258 g/mol. The van der Waals surface area contributed by atoms with Crippen molar-refractivity contribution in [3.05, 3.63) is 28.2 Å². The van der Waals surface area contributed by atoms with Crippen LogP contribution in [0.5, 0.6) is 0 Å². The molecule has 0 aromatic heterocycles. The van der Waals surface area contributed by atoms with Crippen LogP contribution in [0.1, 0.15) is 5.56 Å². The maximum atomic E-state index is 9.44. The van der Waals surface area contributed by atoms with E-state index in [1.807, 2.05) is 25.1 Å². The van der Waals surface area contributed by atoms with E-state index in [1.165, 1.54) is 5.56 Å². The molecule has 0 saturated carbocycles. The Morgan fingerprint density at radius 3 is 2.87 bits per heavy atom. The zero-order chi connectivity index (χ0) is 11.3. The Morgan fingerprint density at radius 2 is 2.27 bits per heavy atom. The van der Waals surface area contributed by atoms with Crippen molar-refractivity contribution in [2.24, 2.45) is 0 Å². The van der Waals surface area contributed by atoms with E-state index in [9.17, 15) is 5.11 Å². The van der Waals surface area contributed by atoms with E-state index in [-0.39, 0.29) is 0 Å². The number of aliphatic hydroxyl groups is 1. The van der Waals surface area contributed by atoms with E-state index in [1.54, 1.807) is 7.11 Å². The molecule has 84 valence electrons. The highest BCUT2D eigenvalue weighted by atomic mass is 79.9. The summed E-state index contributed by atoms with van der Waals surface area (Å²) >= 11 is 3.44. The molecule has 15 heavy (non-hydrogen) atoms. The summed E-state index contributed by atoms with van der Waals surface area (Å²) in [5.74, 6) is 0. The number of rotatable bonds is 5. The first-order chi connectivity index (χ1) is 7.13. The van der Waals surface area contributed by atoms with Crippen LogP contribution in [0, 0.1) is 6.92 Å². The van der Waals surface area contributed by atoms with Gasteiger partial charge in [-0.3, -0.25) is 0 Å². The molecule has 0 spiro atoms. The zero-order valence-electron chi connectivity index (χ0n) is 8.96. The van der Waals surface area contributed by atoms with Crippen molar-refractivity contribution in [2.75, 3.05) is 25.6 Å². The molecule has 1 aromatic rings. The molecule has 0 aliphatic rings. The Hall–Kier alpha value is -0.580. The number of ether oxygens (including phenoxy) is 1. The van der Waals surface area contributed by atoms with Gasteiger partial charge in [0.1, 0.15) is 0 Å². The lowest BCUT2D eigenvalue weighted by atomic mass is 10.2. The first kappa shape index (κ1) is 12.5. The van der Waals surface area contributed by atoms with Crippen LogP contribution in [0.4, 0.5) is 5.69 Å². The topological polar surface area (TPSA) is 41.5 Å². The SMILES string of the molecule is COCC(O)CNc1ccc(Br)c(C)c1. The van der Waals surface area contributed by atoms with Crippen LogP contribution in [0.15, 0.2) is 22.7 Å². The van der Waals surface area contributed by atoms with Crippen LogP contribution in [0.3, 0.4) is 0 Å². The Balaban J connectivity index is 2.47. The molecule has 1 unspecified atom stereocenters. The van der Waals surface area contributed by atoms with Gasteiger partial charge in [0.25, 0.3) is 0 Å². The molecule has 0 amide bonds. The zero-order valence-corrected chi connectivity index (χ0v) is 10.5. The molecule has 2 N–H and O–H groups in total. The van der Waals surface area contributed by atoms with Gasteiger partial charge in [-0.15, -0.1) is 0 Å². The van der Waals surface area contributed by atoms with Crippen molar-refractivity contribution < 1.29 is 9.84 Å². The lowest BCUT2D eigenvalue weighted by Gasteiger charge is -2.12. The van der Waals surface area contributed by atoms with E-state index in [0.717, 1.165) is 10.2 Å². The average Bonchev–Trinajstić information content (AvgIpc) is 2.20. The molecule has 1 atom stereocenters. The van der Waals surface area contributed by atoms with Crippen LogP contribution < -0.4 is 5.32 Å². The third-order valence-corrected chi connectivity index (χ3v) is 2.95. The molecule has 0 radical (unpaired) electrons. The van der Waals surface area contributed by atoms with Gasteiger partial charge in [0.2, 0.25) is 0 Å². The van der Waals surface area contributed by atoms with Gasteiger partial charge in [-0.2, -0.15) is 0 Å². The second kappa shape index (κ2) is 6.10. The third kappa shape index (κ3) is 4.20. The van der Waals surface area contributed by atoms with Gasteiger partial charge in [-0.25, -0.2) is 0 Å². The number of aliphatic hydroxyl groups excluding tert-OH is 1. The predicted octanol–water partition coefficient (Wildman–Crippen LogP) is 2.18. The van der Waals surface area contributed by atoms with Crippen molar-refractivity contribution in [3.8, 4) is 0 Å². The van der Waals surface area contributed by atoms with Gasteiger partial charge >= 0.3 is 0 Å². The quantitative estimate of drug-likeness (QED) is 0.864. The largest absolute Gasteiger partial charge is 0.389 e. The van der Waals surface area contributed by atoms with Crippen molar-refractivity contribution in [1.29, 1.82) is 0 Å². The van der Waals surface area contributed by atoms with Crippen LogP contribution in [-0.2, 0) is 4.74 Å². The van der Waals surface area contributed by atoms with E-state index in [0.29, 0.717) is 13.2 Å². The van der Waals surface area contributed by atoms with E-state index in [2.05, 4.69) is 21.2 Å². The number of methoxy groups -OCH3 is 1. The second-order valence-electron chi connectivity index (χ2n) is 3.45. The molecule has 1 rings (SSSR count). The van der Waals surface area contributed by atoms with Crippen molar-refractivity contribution in [1.82, 2.24) is 0 Å². The molecule has 0 heterocycles. The van der Waals surface area contributed by atoms with Gasteiger partial charge in [0.05, 0.1) is 12.7 Å². The monoisotopic (exact) mass is 273 g/mol. The average molecular weight is 274 g/mol. The van der Waals surface area contributed by atoms with Gasteiger partial charge in [-0.1, -0.05) is 15.9 Å². The molecule has 0 aliphatic heterocycles. The standard InChI is InChI=1S/C11H16BrNO2/c1-8-5-9(3-4-11(8)12)13-6-10(14)7-15-2/h3-5,10,13-14H,6-7H2,1-2H3. The van der Waals surface area contributed by atoms with Gasteiger partial charge < -0.3 is 15.2 Å². The summed E-state index contributed by atoms with van der Waals surface area (Å²) in [4.78, 5) is 0. The number of anilines is 1. The smallest absolute Gasteiger partial charge is 0.0945 e. The molecule has 4 heteroatoms. The highest BCUT2D eigenvalue weighted by Crippen LogP contribution is 2.19. The highest BCUT2D eigenvalue weighted by Gasteiger charge is 2.03. The minimum Gasteiger partial charge on any atom is -0.389 e. The second-order valence-corrected chi connectivity index (χ2v) is 4.31. The maximum absolute atomic E-state index is 9.44. The molecule has 0 saturated heterocycles. The van der Waals surface area contributed by atoms with Crippen LogP contribution in [0.2, 0.25) is 0 Å². The third-order valence-electron chi connectivity index (χ3n) is 2.06. The first-order valence-electron chi connectivity index (χ1n) is 4.80. The van der Waals surface area contributed by atoms with Gasteiger partial charge in [0.15, 0.2) is 0 Å². The fourth-order valence-electron chi connectivity index (χ4n) is 1.24. The maximum Gasteiger partial charge on any atom is 0.0945 e. The molecule has 0 aliphatic carbocycles. The number of halogens is 1. The van der Waals surface area contributed by atoms with E-state index < -0.39 is 6.10 Å². The van der Waals surface area contributed by atoms with E-state index >= 15 is 0 Å². The molecule has 0 bridgehead atoms. The fourth-order valence-corrected chi connectivity index (χ4v) is 1.49. The number of nitrogens with one attached hydrogen (secondary N) is 1. The summed E-state index contributed by atoms with van der Waals surface area (Å²) in [5, 5.41) is 12.6. The first-order valence-corrected chi connectivity index (χ1v) is 5.60. The van der Waals surface area contributed by atoms with Crippen LogP contribution in [0.25, 0.3) is 0 Å². The molecular formula is C11H16BrNO2. The summed E-state index contributed by atoms with van der Waals surface area (Å²) in [6.45, 7) is 2.87. The van der Waals surface area contributed by atoms with Crippen molar-refractivity contribution in [3.63, 3.8) is 0 Å². The predicted molar refractivity (Wildman–Crippen MR) is 65.3 cm³/mol. The number of aryl methyl sites for hydroxylation is 1. The summed E-state index contributed by atoms with van der Waals surface area (Å²) in [6, 6.07) is 5.99. The Bertz CT molecular complexity index is 317. The minimum atomic E-state index is -0.473. The van der Waals surface area contributed by atoms with Crippen molar-refractivity contribution in [2.45, 2.75) is 13.0 Å². The number of benzene rings is 1. The Labute approximate surface area is 98.6 Å².